The zero-order chi connectivity index (χ0) is 16.1. The maximum Gasteiger partial charge on any atom is 0.330 e. The molecule has 1 aromatic heterocycles. The van der Waals surface area contributed by atoms with Crippen molar-refractivity contribution in [3.8, 4) is 0 Å². The third-order valence-electron chi connectivity index (χ3n) is 3.45. The number of benzene rings is 2. The van der Waals surface area contributed by atoms with Crippen LogP contribution >= 0.6 is 0 Å². The van der Waals surface area contributed by atoms with Crippen LogP contribution in [0.4, 0.5) is 5.69 Å². The first-order valence-corrected chi connectivity index (χ1v) is 7.29. The normalized spacial score (nSPS) is 11.0. The van der Waals surface area contributed by atoms with E-state index in [9.17, 15) is 4.79 Å². The average Bonchev–Trinajstić information content (AvgIpc) is 3.01. The molecule has 0 saturated heterocycles. The molecule has 0 aliphatic heterocycles. The Morgan fingerprint density at radius 1 is 1.22 bits per heavy atom. The van der Waals surface area contributed by atoms with Crippen molar-refractivity contribution in [2.45, 2.75) is 6.54 Å². The van der Waals surface area contributed by atoms with Gasteiger partial charge in [-0.1, -0.05) is 30.3 Å². The van der Waals surface area contributed by atoms with Gasteiger partial charge >= 0.3 is 5.97 Å². The molecule has 2 aromatic carbocycles. The molecule has 0 aliphatic carbocycles. The number of aromatic amines is 1. The molecule has 116 valence electrons. The summed E-state index contributed by atoms with van der Waals surface area (Å²) in [4.78, 5) is 19.0. The van der Waals surface area contributed by atoms with E-state index in [2.05, 4.69) is 20.0 Å². The molecule has 0 radical (unpaired) electrons. The molecule has 0 spiro atoms. The van der Waals surface area contributed by atoms with Crippen molar-refractivity contribution in [2.24, 2.45) is 0 Å². The first-order valence-electron chi connectivity index (χ1n) is 7.29. The van der Waals surface area contributed by atoms with Crippen molar-refractivity contribution in [1.29, 1.82) is 0 Å². The predicted octanol–water partition coefficient (Wildman–Crippen LogP) is 3.36. The highest BCUT2D eigenvalue weighted by molar-refractivity contribution is 5.88. The van der Waals surface area contributed by atoms with Crippen molar-refractivity contribution < 1.29 is 9.53 Å². The number of esters is 1. The van der Waals surface area contributed by atoms with Gasteiger partial charge in [-0.05, 0) is 29.8 Å². The minimum absolute atomic E-state index is 0.378. The number of methoxy groups -OCH3 is 1. The number of carbonyl (C=O) groups excluding carboxylic acids is 1. The van der Waals surface area contributed by atoms with Gasteiger partial charge in [0.25, 0.3) is 0 Å². The molecule has 0 bridgehead atoms. The molecule has 0 amide bonds. The Morgan fingerprint density at radius 3 is 2.83 bits per heavy atom. The highest BCUT2D eigenvalue weighted by Gasteiger charge is 2.04. The topological polar surface area (TPSA) is 67.0 Å². The smallest absolute Gasteiger partial charge is 0.330 e. The molecular weight excluding hydrogens is 290 g/mol. The van der Waals surface area contributed by atoms with E-state index in [1.807, 2.05) is 48.5 Å². The van der Waals surface area contributed by atoms with Crippen LogP contribution in [0.3, 0.4) is 0 Å². The van der Waals surface area contributed by atoms with Crippen molar-refractivity contribution in [3.05, 3.63) is 66.0 Å². The van der Waals surface area contributed by atoms with Crippen molar-refractivity contribution in [3.63, 3.8) is 0 Å². The lowest BCUT2D eigenvalue weighted by Crippen LogP contribution is -2.02. The fourth-order valence-corrected chi connectivity index (χ4v) is 2.30. The number of rotatable bonds is 5. The first kappa shape index (κ1) is 14.8. The number of anilines is 1. The van der Waals surface area contributed by atoms with Crippen LogP contribution < -0.4 is 5.32 Å². The molecule has 2 N–H and O–H groups in total. The molecule has 5 nitrogen and oxygen atoms in total. The first-order chi connectivity index (χ1) is 11.3. The quantitative estimate of drug-likeness (QED) is 0.560. The number of nitrogens with one attached hydrogen (secondary N) is 2. The van der Waals surface area contributed by atoms with Gasteiger partial charge in [-0.2, -0.15) is 0 Å². The van der Waals surface area contributed by atoms with Gasteiger partial charge in [-0.25, -0.2) is 9.78 Å². The van der Waals surface area contributed by atoms with Gasteiger partial charge in [0, 0.05) is 11.8 Å². The minimum atomic E-state index is -0.378. The van der Waals surface area contributed by atoms with Crippen LogP contribution in [0, 0.1) is 0 Å². The van der Waals surface area contributed by atoms with Crippen LogP contribution in [0.15, 0.2) is 54.6 Å². The van der Waals surface area contributed by atoms with Gasteiger partial charge in [-0.15, -0.1) is 0 Å². The SMILES string of the molecule is COC(=O)/C=C/c1ccccc1NCc1nc2ccccc2[nH]1. The van der Waals surface area contributed by atoms with Gasteiger partial charge in [0.2, 0.25) is 0 Å². The number of H-pyrrole nitrogens is 1. The molecule has 0 unspecified atom stereocenters. The van der Waals surface area contributed by atoms with Crippen molar-refractivity contribution >= 4 is 28.8 Å². The van der Waals surface area contributed by atoms with Crippen LogP contribution in [0.2, 0.25) is 0 Å². The number of nitrogens with zero attached hydrogens (tertiary/aromatic N) is 1. The zero-order valence-electron chi connectivity index (χ0n) is 12.7. The van der Waals surface area contributed by atoms with Crippen LogP contribution in [0.5, 0.6) is 0 Å². The number of carbonyl (C=O) groups is 1. The molecule has 0 fully saturated rings. The second kappa shape index (κ2) is 6.79. The Hall–Kier alpha value is -3.08. The van der Waals surface area contributed by atoms with Gasteiger partial charge < -0.3 is 15.0 Å². The lowest BCUT2D eigenvalue weighted by Gasteiger charge is -2.08. The predicted molar refractivity (Wildman–Crippen MR) is 90.9 cm³/mol. The molecule has 0 saturated carbocycles. The summed E-state index contributed by atoms with van der Waals surface area (Å²) in [5.41, 5.74) is 3.80. The van der Waals surface area contributed by atoms with Crippen molar-refractivity contribution in [2.75, 3.05) is 12.4 Å². The number of ether oxygens (including phenoxy) is 1. The van der Waals surface area contributed by atoms with Crippen LogP contribution in [0.1, 0.15) is 11.4 Å². The summed E-state index contributed by atoms with van der Waals surface area (Å²) in [7, 11) is 1.36. The van der Waals surface area contributed by atoms with E-state index in [0.29, 0.717) is 6.54 Å². The van der Waals surface area contributed by atoms with E-state index in [1.165, 1.54) is 13.2 Å². The number of fused-ring (bicyclic) bond motifs is 1. The Kier molecular flexibility index (Phi) is 4.38. The number of hydrogen-bond donors (Lipinski definition) is 2. The second-order valence-electron chi connectivity index (χ2n) is 5.00. The number of imidazole rings is 1. The van der Waals surface area contributed by atoms with Crippen LogP contribution in [-0.2, 0) is 16.1 Å². The Bertz CT molecular complexity index is 819. The summed E-state index contributed by atoms with van der Waals surface area (Å²) in [6, 6.07) is 15.7. The second-order valence-corrected chi connectivity index (χ2v) is 5.00. The molecule has 3 rings (SSSR count). The largest absolute Gasteiger partial charge is 0.466 e. The van der Waals surface area contributed by atoms with Gasteiger partial charge in [0.05, 0.1) is 24.7 Å². The fraction of sp³-hybridized carbons (Fsp3) is 0.111. The maximum atomic E-state index is 11.2. The summed E-state index contributed by atoms with van der Waals surface area (Å²) in [5.74, 6) is 0.482. The van der Waals surface area contributed by atoms with Gasteiger partial charge in [0.15, 0.2) is 0 Å². The highest BCUT2D eigenvalue weighted by Crippen LogP contribution is 2.18. The monoisotopic (exact) mass is 307 g/mol. The van der Waals surface area contributed by atoms with Crippen LogP contribution in [0.25, 0.3) is 17.1 Å². The highest BCUT2D eigenvalue weighted by atomic mass is 16.5. The van der Waals surface area contributed by atoms with E-state index >= 15 is 0 Å². The molecule has 3 aromatic rings. The van der Waals surface area contributed by atoms with E-state index in [0.717, 1.165) is 28.1 Å². The Morgan fingerprint density at radius 2 is 2.00 bits per heavy atom. The zero-order valence-corrected chi connectivity index (χ0v) is 12.7. The van der Waals surface area contributed by atoms with Gasteiger partial charge in [-0.3, -0.25) is 0 Å². The fourth-order valence-electron chi connectivity index (χ4n) is 2.30. The third kappa shape index (κ3) is 3.58. The lowest BCUT2D eigenvalue weighted by molar-refractivity contribution is -0.134. The van der Waals surface area contributed by atoms with E-state index in [4.69, 9.17) is 0 Å². The summed E-state index contributed by atoms with van der Waals surface area (Å²) >= 11 is 0. The molecule has 0 atom stereocenters. The van der Waals surface area contributed by atoms with Gasteiger partial charge in [0.1, 0.15) is 5.82 Å². The standard InChI is InChI=1S/C18H17N3O2/c1-23-18(22)11-10-13-6-2-3-7-14(13)19-12-17-20-15-8-4-5-9-16(15)21-17/h2-11,19H,12H2,1H3,(H,20,21)/b11-10+. The van der Waals surface area contributed by atoms with E-state index in [-0.39, 0.29) is 5.97 Å². The van der Waals surface area contributed by atoms with Crippen molar-refractivity contribution in [1.82, 2.24) is 9.97 Å². The summed E-state index contributed by atoms with van der Waals surface area (Å²) in [6.07, 6.45) is 3.13. The Labute approximate surface area is 134 Å². The molecule has 0 aliphatic rings. The molecule has 23 heavy (non-hydrogen) atoms. The van der Waals surface area contributed by atoms with E-state index in [1.54, 1.807) is 6.08 Å². The van der Waals surface area contributed by atoms with E-state index < -0.39 is 0 Å². The van der Waals surface area contributed by atoms with Crippen LogP contribution in [-0.4, -0.2) is 23.0 Å². The number of para-hydroxylation sites is 3. The maximum absolute atomic E-state index is 11.2. The summed E-state index contributed by atoms with van der Waals surface area (Å²) in [5, 5.41) is 3.34. The lowest BCUT2D eigenvalue weighted by atomic mass is 10.1. The minimum Gasteiger partial charge on any atom is -0.466 e. The number of aromatic nitrogens is 2. The Balaban J connectivity index is 1.75. The average molecular weight is 307 g/mol. The molecular formula is C18H17N3O2. The number of hydrogen-bond acceptors (Lipinski definition) is 4. The molecule has 5 heteroatoms. The third-order valence-corrected chi connectivity index (χ3v) is 3.45. The summed E-state index contributed by atoms with van der Waals surface area (Å²) < 4.78 is 4.61. The summed E-state index contributed by atoms with van der Waals surface area (Å²) in [6.45, 7) is 0.567. The molecule has 1 heterocycles.